The maximum atomic E-state index is 13.3. The van der Waals surface area contributed by atoms with E-state index in [1.807, 2.05) is 91.9 Å². The first-order valence-electron chi connectivity index (χ1n) is 12.0. The SMILES string of the molecule is CCOC(=O)c1c(Cn2cc(-c3ccc(N(C)C)cc3)nn2)nc2ccc(Cl)cc2c1-c1ccccc1. The van der Waals surface area contributed by atoms with Crippen molar-refractivity contribution in [3.8, 4) is 22.4 Å². The average molecular weight is 512 g/mol. The molecule has 8 heteroatoms. The van der Waals surface area contributed by atoms with Crippen LogP contribution in [0.15, 0.2) is 79.0 Å². The van der Waals surface area contributed by atoms with Gasteiger partial charge in [-0.2, -0.15) is 0 Å². The Labute approximate surface area is 220 Å². The summed E-state index contributed by atoms with van der Waals surface area (Å²) >= 11 is 6.36. The van der Waals surface area contributed by atoms with Crippen LogP contribution < -0.4 is 4.90 Å². The maximum Gasteiger partial charge on any atom is 0.340 e. The van der Waals surface area contributed by atoms with Gasteiger partial charge in [0, 0.05) is 41.3 Å². The number of anilines is 1. The summed E-state index contributed by atoms with van der Waals surface area (Å²) in [4.78, 5) is 20.3. The van der Waals surface area contributed by atoms with Gasteiger partial charge in [-0.3, -0.25) is 0 Å². The molecule has 7 nitrogen and oxygen atoms in total. The van der Waals surface area contributed by atoms with Gasteiger partial charge in [-0.1, -0.05) is 59.3 Å². The molecule has 0 saturated carbocycles. The van der Waals surface area contributed by atoms with E-state index in [1.54, 1.807) is 17.7 Å². The molecule has 0 fully saturated rings. The van der Waals surface area contributed by atoms with E-state index in [0.29, 0.717) is 16.3 Å². The van der Waals surface area contributed by atoms with Crippen LogP contribution in [-0.4, -0.2) is 46.6 Å². The zero-order valence-corrected chi connectivity index (χ0v) is 21.6. The average Bonchev–Trinajstić information content (AvgIpc) is 3.37. The molecule has 0 bridgehead atoms. The minimum Gasteiger partial charge on any atom is -0.462 e. The molecular weight excluding hydrogens is 486 g/mol. The van der Waals surface area contributed by atoms with Gasteiger partial charge in [0.2, 0.25) is 0 Å². The van der Waals surface area contributed by atoms with Gasteiger partial charge in [0.15, 0.2) is 0 Å². The van der Waals surface area contributed by atoms with Crippen LogP contribution in [0, 0.1) is 0 Å². The number of pyridine rings is 1. The van der Waals surface area contributed by atoms with Crippen molar-refractivity contribution in [2.75, 3.05) is 25.6 Å². The fourth-order valence-corrected chi connectivity index (χ4v) is 4.49. The van der Waals surface area contributed by atoms with Crippen LogP contribution in [0.4, 0.5) is 5.69 Å². The van der Waals surface area contributed by atoms with Crippen molar-refractivity contribution in [3.05, 3.63) is 95.3 Å². The molecular formula is C29H26ClN5O2. The third kappa shape index (κ3) is 5.04. The van der Waals surface area contributed by atoms with Crippen LogP contribution in [-0.2, 0) is 11.3 Å². The fraction of sp³-hybridized carbons (Fsp3) is 0.172. The summed E-state index contributed by atoms with van der Waals surface area (Å²) in [5.74, 6) is -0.439. The van der Waals surface area contributed by atoms with E-state index in [0.717, 1.165) is 39.0 Å². The third-order valence-electron chi connectivity index (χ3n) is 6.09. The van der Waals surface area contributed by atoms with Crippen molar-refractivity contribution >= 4 is 34.2 Å². The lowest BCUT2D eigenvalue weighted by Gasteiger charge is -2.17. The topological polar surface area (TPSA) is 73.1 Å². The molecule has 0 radical (unpaired) electrons. The summed E-state index contributed by atoms with van der Waals surface area (Å²) < 4.78 is 7.18. The number of rotatable bonds is 7. The number of nitrogens with zero attached hydrogens (tertiary/aromatic N) is 5. The van der Waals surface area contributed by atoms with Crippen molar-refractivity contribution in [2.24, 2.45) is 0 Å². The van der Waals surface area contributed by atoms with Crippen molar-refractivity contribution < 1.29 is 9.53 Å². The summed E-state index contributed by atoms with van der Waals surface area (Å²) in [7, 11) is 4.00. The molecule has 0 aliphatic rings. The van der Waals surface area contributed by atoms with Crippen LogP contribution in [0.3, 0.4) is 0 Å². The Morgan fingerprint density at radius 2 is 1.76 bits per heavy atom. The van der Waals surface area contributed by atoms with E-state index in [4.69, 9.17) is 21.3 Å². The minimum atomic E-state index is -0.439. The second-order valence-corrected chi connectivity index (χ2v) is 9.24. The van der Waals surface area contributed by atoms with Gasteiger partial charge >= 0.3 is 5.97 Å². The largest absolute Gasteiger partial charge is 0.462 e. The second kappa shape index (κ2) is 10.4. The minimum absolute atomic E-state index is 0.245. The second-order valence-electron chi connectivity index (χ2n) is 8.80. The predicted molar refractivity (Wildman–Crippen MR) is 147 cm³/mol. The third-order valence-corrected chi connectivity index (χ3v) is 6.33. The molecule has 0 spiro atoms. The molecule has 3 aromatic carbocycles. The Morgan fingerprint density at radius 3 is 2.46 bits per heavy atom. The standard InChI is InChI=1S/C29H26ClN5O2/c1-4-37-29(36)28-26(18-35-17-25(32-33-35)19-10-13-22(14-11-19)34(2)3)31-24-15-12-21(30)16-23(24)27(28)20-8-6-5-7-9-20/h5-17H,4,18H2,1-3H3. The van der Waals surface area contributed by atoms with Gasteiger partial charge in [0.25, 0.3) is 0 Å². The van der Waals surface area contributed by atoms with E-state index >= 15 is 0 Å². The highest BCUT2D eigenvalue weighted by atomic mass is 35.5. The van der Waals surface area contributed by atoms with Gasteiger partial charge in [0.05, 0.1) is 36.1 Å². The highest BCUT2D eigenvalue weighted by Gasteiger charge is 2.24. The molecule has 5 rings (SSSR count). The molecule has 0 aliphatic heterocycles. The quantitative estimate of drug-likeness (QED) is 0.246. The molecule has 186 valence electrons. The summed E-state index contributed by atoms with van der Waals surface area (Å²) in [5.41, 5.74) is 6.08. The lowest BCUT2D eigenvalue weighted by Crippen LogP contribution is -2.15. The highest BCUT2D eigenvalue weighted by Crippen LogP contribution is 2.35. The van der Waals surface area contributed by atoms with Gasteiger partial charge in [-0.25, -0.2) is 14.5 Å². The van der Waals surface area contributed by atoms with E-state index in [-0.39, 0.29) is 13.2 Å². The number of carbonyl (C=O) groups excluding carboxylic acids is 1. The number of hydrogen-bond acceptors (Lipinski definition) is 6. The van der Waals surface area contributed by atoms with Crippen LogP contribution in [0.5, 0.6) is 0 Å². The molecule has 0 aliphatic carbocycles. The molecule has 0 N–H and O–H groups in total. The number of halogens is 1. The first kappa shape index (κ1) is 24.5. The number of fused-ring (bicyclic) bond motifs is 1. The molecule has 37 heavy (non-hydrogen) atoms. The molecule has 2 aromatic heterocycles. The lowest BCUT2D eigenvalue weighted by atomic mass is 9.94. The van der Waals surface area contributed by atoms with E-state index < -0.39 is 5.97 Å². The zero-order valence-electron chi connectivity index (χ0n) is 20.9. The number of esters is 1. The van der Waals surface area contributed by atoms with Gasteiger partial charge in [0.1, 0.15) is 5.69 Å². The number of benzene rings is 3. The molecule has 0 unspecified atom stereocenters. The van der Waals surface area contributed by atoms with Crippen LogP contribution in [0.1, 0.15) is 23.0 Å². The van der Waals surface area contributed by atoms with Crippen molar-refractivity contribution in [1.82, 2.24) is 20.0 Å². The van der Waals surface area contributed by atoms with Gasteiger partial charge < -0.3 is 9.64 Å². The van der Waals surface area contributed by atoms with E-state index in [9.17, 15) is 4.79 Å². The first-order chi connectivity index (χ1) is 17.9. The fourth-order valence-electron chi connectivity index (χ4n) is 4.32. The Morgan fingerprint density at radius 1 is 1.00 bits per heavy atom. The molecule has 0 saturated heterocycles. The smallest absolute Gasteiger partial charge is 0.340 e. The predicted octanol–water partition coefficient (Wildman–Crippen LogP) is 6.10. The lowest BCUT2D eigenvalue weighted by molar-refractivity contribution is 0.0525. The normalized spacial score (nSPS) is 11.0. The Hall–Kier alpha value is -4.23. The first-order valence-corrected chi connectivity index (χ1v) is 12.3. The Kier molecular flexibility index (Phi) is 6.88. The van der Waals surface area contributed by atoms with Crippen molar-refractivity contribution in [2.45, 2.75) is 13.5 Å². The van der Waals surface area contributed by atoms with Crippen LogP contribution in [0.2, 0.25) is 5.02 Å². The summed E-state index contributed by atoms with van der Waals surface area (Å²) in [6, 6.07) is 23.3. The zero-order chi connectivity index (χ0) is 25.9. The Bertz CT molecular complexity index is 1560. The molecule has 0 amide bonds. The highest BCUT2D eigenvalue weighted by molar-refractivity contribution is 6.31. The molecule has 5 aromatic rings. The monoisotopic (exact) mass is 511 g/mol. The van der Waals surface area contributed by atoms with E-state index in [1.165, 1.54) is 0 Å². The molecule has 2 heterocycles. The summed E-state index contributed by atoms with van der Waals surface area (Å²) in [6.07, 6.45) is 1.86. The van der Waals surface area contributed by atoms with Crippen molar-refractivity contribution in [1.29, 1.82) is 0 Å². The van der Waals surface area contributed by atoms with Crippen LogP contribution in [0.25, 0.3) is 33.3 Å². The van der Waals surface area contributed by atoms with Gasteiger partial charge in [-0.15, -0.1) is 5.10 Å². The summed E-state index contributed by atoms with van der Waals surface area (Å²) in [5, 5.41) is 10.0. The molecule has 0 atom stereocenters. The number of aromatic nitrogens is 4. The Balaban J connectivity index is 1.63. The van der Waals surface area contributed by atoms with Crippen LogP contribution >= 0.6 is 11.6 Å². The maximum absolute atomic E-state index is 13.3. The number of ether oxygens (including phenoxy) is 1. The number of carbonyl (C=O) groups is 1. The summed E-state index contributed by atoms with van der Waals surface area (Å²) in [6.45, 7) is 2.28. The van der Waals surface area contributed by atoms with Gasteiger partial charge in [-0.05, 0) is 42.8 Å². The van der Waals surface area contributed by atoms with E-state index in [2.05, 4.69) is 10.3 Å². The van der Waals surface area contributed by atoms with Crippen molar-refractivity contribution in [3.63, 3.8) is 0 Å². The number of hydrogen-bond donors (Lipinski definition) is 0.